The van der Waals surface area contributed by atoms with E-state index in [1.807, 2.05) is 0 Å². The van der Waals surface area contributed by atoms with Crippen molar-refractivity contribution in [3.63, 3.8) is 0 Å². The molecule has 0 heterocycles. The molecule has 0 aromatic heterocycles. The first kappa shape index (κ1) is 7.59. The fourth-order valence-corrected chi connectivity index (χ4v) is 2.07. The molecule has 2 rings (SSSR count). The SMILES string of the molecule is COC(=O)[C@H]1[C@@H]2C=CC[C@@H]1C=C2. The molecular weight excluding hydrogens is 152 g/mol. The number of esters is 1. The molecule has 64 valence electrons. The Hall–Kier alpha value is -1.05. The van der Waals surface area contributed by atoms with Gasteiger partial charge >= 0.3 is 5.97 Å². The van der Waals surface area contributed by atoms with Crippen LogP contribution in [0.4, 0.5) is 0 Å². The number of ether oxygens (including phenoxy) is 1. The molecule has 0 aromatic rings. The topological polar surface area (TPSA) is 26.3 Å². The third-order valence-corrected chi connectivity index (χ3v) is 2.70. The molecule has 2 bridgehead atoms. The van der Waals surface area contributed by atoms with Crippen LogP contribution in [0, 0.1) is 17.8 Å². The van der Waals surface area contributed by atoms with E-state index in [1.54, 1.807) is 0 Å². The zero-order valence-corrected chi connectivity index (χ0v) is 7.07. The van der Waals surface area contributed by atoms with Crippen molar-refractivity contribution in [1.82, 2.24) is 0 Å². The summed E-state index contributed by atoms with van der Waals surface area (Å²) < 4.78 is 4.76. The minimum Gasteiger partial charge on any atom is -0.469 e. The highest BCUT2D eigenvalue weighted by atomic mass is 16.5. The van der Waals surface area contributed by atoms with Crippen molar-refractivity contribution in [3.05, 3.63) is 24.3 Å². The normalized spacial score (nSPS) is 36.9. The van der Waals surface area contributed by atoms with E-state index in [0.717, 1.165) is 6.42 Å². The van der Waals surface area contributed by atoms with Crippen LogP contribution in [0.5, 0.6) is 0 Å². The van der Waals surface area contributed by atoms with E-state index in [-0.39, 0.29) is 17.8 Å². The van der Waals surface area contributed by atoms with Crippen LogP contribution >= 0.6 is 0 Å². The van der Waals surface area contributed by atoms with Gasteiger partial charge in [-0.2, -0.15) is 0 Å². The number of hydrogen-bond acceptors (Lipinski definition) is 2. The first-order valence-corrected chi connectivity index (χ1v) is 4.26. The molecule has 2 aliphatic rings. The van der Waals surface area contributed by atoms with Crippen LogP contribution in [0.15, 0.2) is 24.3 Å². The van der Waals surface area contributed by atoms with Crippen LogP contribution in [-0.2, 0) is 9.53 Å². The summed E-state index contributed by atoms with van der Waals surface area (Å²) in [5.74, 6) is 0.656. The van der Waals surface area contributed by atoms with Crippen LogP contribution in [0.25, 0.3) is 0 Å². The monoisotopic (exact) mass is 164 g/mol. The molecule has 2 aliphatic carbocycles. The lowest BCUT2D eigenvalue weighted by molar-refractivity contribution is -0.147. The average molecular weight is 164 g/mol. The van der Waals surface area contributed by atoms with E-state index >= 15 is 0 Å². The molecule has 2 heteroatoms. The predicted octanol–water partition coefficient (Wildman–Crippen LogP) is 1.54. The summed E-state index contributed by atoms with van der Waals surface area (Å²) in [6, 6.07) is 0. The molecule has 0 radical (unpaired) electrons. The van der Waals surface area contributed by atoms with E-state index in [4.69, 9.17) is 4.74 Å². The molecule has 0 unspecified atom stereocenters. The van der Waals surface area contributed by atoms with Gasteiger partial charge < -0.3 is 4.74 Å². The first-order chi connectivity index (χ1) is 5.83. The summed E-state index contributed by atoms with van der Waals surface area (Å²) in [5, 5.41) is 0. The van der Waals surface area contributed by atoms with Crippen molar-refractivity contribution in [3.8, 4) is 0 Å². The fraction of sp³-hybridized carbons (Fsp3) is 0.500. The predicted molar refractivity (Wildman–Crippen MR) is 45.4 cm³/mol. The van der Waals surface area contributed by atoms with E-state index in [2.05, 4.69) is 24.3 Å². The number of fused-ring (bicyclic) bond motifs is 2. The molecule has 0 amide bonds. The molecule has 3 atom stereocenters. The lowest BCUT2D eigenvalue weighted by Gasteiger charge is -2.23. The molecule has 2 nitrogen and oxygen atoms in total. The van der Waals surface area contributed by atoms with Crippen LogP contribution in [0.3, 0.4) is 0 Å². The van der Waals surface area contributed by atoms with Gasteiger partial charge in [0.2, 0.25) is 0 Å². The van der Waals surface area contributed by atoms with Gasteiger partial charge in [0.15, 0.2) is 0 Å². The Labute approximate surface area is 71.9 Å². The van der Waals surface area contributed by atoms with Crippen molar-refractivity contribution in [2.75, 3.05) is 7.11 Å². The Bertz CT molecular complexity index is 251. The van der Waals surface area contributed by atoms with Crippen molar-refractivity contribution < 1.29 is 9.53 Å². The Morgan fingerprint density at radius 2 is 2.25 bits per heavy atom. The highest BCUT2D eigenvalue weighted by Gasteiger charge is 2.37. The lowest BCUT2D eigenvalue weighted by Crippen LogP contribution is -2.27. The number of carbonyl (C=O) groups is 1. The van der Waals surface area contributed by atoms with Crippen LogP contribution in [0.2, 0.25) is 0 Å². The summed E-state index contributed by atoms with van der Waals surface area (Å²) in [6.45, 7) is 0. The summed E-state index contributed by atoms with van der Waals surface area (Å²) in [7, 11) is 1.46. The van der Waals surface area contributed by atoms with Crippen LogP contribution in [0.1, 0.15) is 6.42 Å². The van der Waals surface area contributed by atoms with Gasteiger partial charge in [-0.05, 0) is 12.3 Å². The average Bonchev–Trinajstić information content (AvgIpc) is 2.35. The van der Waals surface area contributed by atoms with Gasteiger partial charge in [0.05, 0.1) is 13.0 Å². The molecule has 0 fully saturated rings. The van der Waals surface area contributed by atoms with Gasteiger partial charge in [0.1, 0.15) is 0 Å². The molecule has 12 heavy (non-hydrogen) atoms. The Morgan fingerprint density at radius 3 is 2.92 bits per heavy atom. The number of methoxy groups -OCH3 is 1. The van der Waals surface area contributed by atoms with Gasteiger partial charge in [-0.15, -0.1) is 0 Å². The highest BCUT2D eigenvalue weighted by molar-refractivity contribution is 5.75. The second kappa shape index (κ2) is 2.77. The summed E-state index contributed by atoms with van der Waals surface area (Å²) in [5.41, 5.74) is 0. The van der Waals surface area contributed by atoms with Crippen molar-refractivity contribution in [1.29, 1.82) is 0 Å². The minimum absolute atomic E-state index is 0.0556. The highest BCUT2D eigenvalue weighted by Crippen LogP contribution is 2.38. The zero-order chi connectivity index (χ0) is 8.55. The van der Waals surface area contributed by atoms with Crippen LogP contribution < -0.4 is 0 Å². The standard InChI is InChI=1S/C10H12O2/c1-12-10(11)9-7-3-2-4-8(9)6-5-7/h2-3,5-9H,4H2,1H3/t7-,8-,9+/m1/s1. The lowest BCUT2D eigenvalue weighted by atomic mass is 9.82. The maximum atomic E-state index is 11.3. The summed E-state index contributed by atoms with van der Waals surface area (Å²) in [6.07, 6.45) is 9.46. The molecule has 0 N–H and O–H groups in total. The van der Waals surface area contributed by atoms with Crippen molar-refractivity contribution in [2.24, 2.45) is 17.8 Å². The number of hydrogen-bond donors (Lipinski definition) is 0. The van der Waals surface area contributed by atoms with E-state index in [9.17, 15) is 4.79 Å². The second-order valence-corrected chi connectivity index (χ2v) is 3.34. The van der Waals surface area contributed by atoms with Crippen molar-refractivity contribution >= 4 is 5.97 Å². The largest absolute Gasteiger partial charge is 0.469 e. The van der Waals surface area contributed by atoms with Gasteiger partial charge in [-0.1, -0.05) is 24.3 Å². The molecule has 0 saturated heterocycles. The van der Waals surface area contributed by atoms with Gasteiger partial charge in [0, 0.05) is 5.92 Å². The summed E-state index contributed by atoms with van der Waals surface area (Å²) in [4.78, 5) is 11.3. The second-order valence-electron chi connectivity index (χ2n) is 3.34. The molecular formula is C10H12O2. The smallest absolute Gasteiger partial charge is 0.310 e. The maximum Gasteiger partial charge on any atom is 0.310 e. The number of carbonyl (C=O) groups excluding carboxylic acids is 1. The molecule has 0 spiro atoms. The molecule has 0 saturated carbocycles. The van der Waals surface area contributed by atoms with Gasteiger partial charge in [-0.25, -0.2) is 0 Å². The Kier molecular flexibility index (Phi) is 1.75. The maximum absolute atomic E-state index is 11.3. The van der Waals surface area contributed by atoms with Gasteiger partial charge in [0.25, 0.3) is 0 Å². The Balaban J connectivity index is 2.20. The molecule has 0 aromatic carbocycles. The Morgan fingerprint density at radius 1 is 1.42 bits per heavy atom. The minimum atomic E-state index is -0.0700. The van der Waals surface area contributed by atoms with Crippen LogP contribution in [-0.4, -0.2) is 13.1 Å². The number of allylic oxidation sites excluding steroid dienone is 4. The van der Waals surface area contributed by atoms with E-state index in [0.29, 0.717) is 5.92 Å². The quantitative estimate of drug-likeness (QED) is 0.434. The molecule has 0 aliphatic heterocycles. The third kappa shape index (κ3) is 0.986. The number of rotatable bonds is 1. The third-order valence-electron chi connectivity index (χ3n) is 2.70. The van der Waals surface area contributed by atoms with E-state index < -0.39 is 0 Å². The van der Waals surface area contributed by atoms with Gasteiger partial charge in [-0.3, -0.25) is 4.79 Å². The zero-order valence-electron chi connectivity index (χ0n) is 7.07. The summed E-state index contributed by atoms with van der Waals surface area (Å²) >= 11 is 0. The van der Waals surface area contributed by atoms with E-state index in [1.165, 1.54) is 7.11 Å². The fourth-order valence-electron chi connectivity index (χ4n) is 2.07. The van der Waals surface area contributed by atoms with Crippen molar-refractivity contribution in [2.45, 2.75) is 6.42 Å². The first-order valence-electron chi connectivity index (χ1n) is 4.26.